The number of nitrogens with zero attached hydrogens (tertiary/aromatic N) is 4. The van der Waals surface area contributed by atoms with Gasteiger partial charge in [-0.2, -0.15) is 5.10 Å². The lowest BCUT2D eigenvalue weighted by Crippen LogP contribution is -2.53. The maximum absolute atomic E-state index is 5.55. The van der Waals surface area contributed by atoms with Gasteiger partial charge in [-0.25, -0.2) is 0 Å². The Balaban J connectivity index is 1.96. The quantitative estimate of drug-likeness (QED) is 0.534. The molecule has 1 aliphatic rings. The van der Waals surface area contributed by atoms with Crippen molar-refractivity contribution in [2.24, 2.45) is 18.0 Å². The van der Waals surface area contributed by atoms with Crippen LogP contribution >= 0.6 is 0 Å². The van der Waals surface area contributed by atoms with Crippen molar-refractivity contribution in [1.82, 2.24) is 25.3 Å². The highest BCUT2D eigenvalue weighted by molar-refractivity contribution is 5.79. The number of aliphatic imine (C=N–C) groups is 1. The third-order valence-corrected chi connectivity index (χ3v) is 5.90. The fourth-order valence-electron chi connectivity index (χ4n) is 4.00. The summed E-state index contributed by atoms with van der Waals surface area (Å²) in [5.41, 5.74) is 3.50. The molecule has 7 heteroatoms. The zero-order valence-electron chi connectivity index (χ0n) is 18.0. The summed E-state index contributed by atoms with van der Waals surface area (Å²) >= 11 is 0. The molecule has 0 saturated carbocycles. The van der Waals surface area contributed by atoms with Crippen molar-refractivity contribution in [2.45, 2.75) is 53.1 Å². The number of nitrogens with one attached hydrogen (secondary N) is 2. The van der Waals surface area contributed by atoms with Gasteiger partial charge in [-0.15, -0.1) is 0 Å². The lowest BCUT2D eigenvalue weighted by Gasteiger charge is -2.39. The van der Waals surface area contributed by atoms with Crippen LogP contribution in [0.1, 0.15) is 43.6 Å². The van der Waals surface area contributed by atoms with E-state index in [4.69, 9.17) is 4.74 Å². The fourth-order valence-corrected chi connectivity index (χ4v) is 4.00. The van der Waals surface area contributed by atoms with Crippen molar-refractivity contribution in [3.8, 4) is 0 Å². The summed E-state index contributed by atoms with van der Waals surface area (Å²) in [6.45, 7) is 14.1. The Morgan fingerprint density at radius 3 is 2.37 bits per heavy atom. The Kier molecular flexibility index (Phi) is 8.57. The van der Waals surface area contributed by atoms with Gasteiger partial charge in [-0.05, 0) is 19.8 Å². The number of morpholine rings is 1. The second kappa shape index (κ2) is 10.7. The highest BCUT2D eigenvalue weighted by Gasteiger charge is 2.27. The van der Waals surface area contributed by atoms with E-state index in [2.05, 4.69) is 53.3 Å². The van der Waals surface area contributed by atoms with Crippen molar-refractivity contribution in [3.63, 3.8) is 0 Å². The SMILES string of the molecule is CCC(CC)C(CNC(=NC)NCc1c(C)nn(C)c1C)N1CCOCC1. The molecule has 1 aromatic rings. The Labute approximate surface area is 164 Å². The number of hydrogen-bond acceptors (Lipinski definition) is 4. The van der Waals surface area contributed by atoms with Crippen LogP contribution in [0.2, 0.25) is 0 Å². The van der Waals surface area contributed by atoms with Crippen molar-refractivity contribution in [1.29, 1.82) is 0 Å². The predicted molar refractivity (Wildman–Crippen MR) is 111 cm³/mol. The maximum atomic E-state index is 5.55. The van der Waals surface area contributed by atoms with Crippen LogP contribution in [0.5, 0.6) is 0 Å². The Hall–Kier alpha value is -1.60. The van der Waals surface area contributed by atoms with Crippen LogP contribution in [0.3, 0.4) is 0 Å². The average Bonchev–Trinajstić information content (AvgIpc) is 2.93. The van der Waals surface area contributed by atoms with E-state index < -0.39 is 0 Å². The van der Waals surface area contributed by atoms with E-state index >= 15 is 0 Å². The molecular formula is C20H38N6O. The summed E-state index contributed by atoms with van der Waals surface area (Å²) in [6.07, 6.45) is 2.39. The summed E-state index contributed by atoms with van der Waals surface area (Å²) < 4.78 is 7.48. The first-order chi connectivity index (χ1) is 13.0. The first-order valence-electron chi connectivity index (χ1n) is 10.3. The molecule has 154 valence electrons. The van der Waals surface area contributed by atoms with Crippen LogP contribution in [0, 0.1) is 19.8 Å². The summed E-state index contributed by atoms with van der Waals surface area (Å²) in [6, 6.07) is 0.504. The first-order valence-corrected chi connectivity index (χ1v) is 10.3. The minimum atomic E-state index is 0.504. The molecule has 7 nitrogen and oxygen atoms in total. The van der Waals surface area contributed by atoms with Gasteiger partial charge in [0.2, 0.25) is 0 Å². The van der Waals surface area contributed by atoms with E-state index in [0.717, 1.165) is 51.0 Å². The summed E-state index contributed by atoms with van der Waals surface area (Å²) in [7, 11) is 3.82. The van der Waals surface area contributed by atoms with E-state index in [9.17, 15) is 0 Å². The smallest absolute Gasteiger partial charge is 0.191 e. The van der Waals surface area contributed by atoms with E-state index in [0.29, 0.717) is 12.0 Å². The summed E-state index contributed by atoms with van der Waals surface area (Å²) in [4.78, 5) is 7.00. The van der Waals surface area contributed by atoms with E-state index in [1.807, 2.05) is 18.8 Å². The number of aromatic nitrogens is 2. The number of aryl methyl sites for hydroxylation is 2. The molecule has 1 aromatic heterocycles. The lowest BCUT2D eigenvalue weighted by molar-refractivity contribution is 0.00272. The molecule has 1 atom stereocenters. The van der Waals surface area contributed by atoms with Gasteiger partial charge in [-0.1, -0.05) is 26.7 Å². The fraction of sp³-hybridized carbons (Fsp3) is 0.800. The van der Waals surface area contributed by atoms with Crippen molar-refractivity contribution in [2.75, 3.05) is 39.9 Å². The molecular weight excluding hydrogens is 340 g/mol. The molecule has 0 bridgehead atoms. The van der Waals surface area contributed by atoms with Gasteiger partial charge < -0.3 is 15.4 Å². The van der Waals surface area contributed by atoms with Gasteiger partial charge in [-0.3, -0.25) is 14.6 Å². The van der Waals surface area contributed by atoms with Crippen molar-refractivity contribution < 1.29 is 4.74 Å². The molecule has 0 aliphatic carbocycles. The second-order valence-corrected chi connectivity index (χ2v) is 7.37. The number of hydrogen-bond donors (Lipinski definition) is 2. The van der Waals surface area contributed by atoms with Crippen molar-refractivity contribution in [3.05, 3.63) is 17.0 Å². The second-order valence-electron chi connectivity index (χ2n) is 7.37. The molecule has 1 saturated heterocycles. The highest BCUT2D eigenvalue weighted by atomic mass is 16.5. The molecule has 2 N–H and O–H groups in total. The molecule has 0 radical (unpaired) electrons. The standard InChI is InChI=1S/C20H38N6O/c1-7-17(8-2)19(26-9-11-27-12-10-26)14-23-20(21-5)22-13-18-15(3)24-25(6)16(18)4/h17,19H,7-14H2,1-6H3,(H2,21,22,23). The molecule has 1 unspecified atom stereocenters. The maximum Gasteiger partial charge on any atom is 0.191 e. The molecule has 0 spiro atoms. The van der Waals surface area contributed by atoms with Gasteiger partial charge in [0.25, 0.3) is 0 Å². The normalized spacial score (nSPS) is 17.4. The third-order valence-electron chi connectivity index (χ3n) is 5.90. The first kappa shape index (κ1) is 21.7. The summed E-state index contributed by atoms with van der Waals surface area (Å²) in [5, 5.41) is 11.5. The molecule has 1 fully saturated rings. The molecule has 27 heavy (non-hydrogen) atoms. The van der Waals surface area contributed by atoms with E-state index in [1.54, 1.807) is 0 Å². The third kappa shape index (κ3) is 5.69. The molecule has 2 rings (SSSR count). The Bertz CT molecular complexity index is 602. The zero-order valence-corrected chi connectivity index (χ0v) is 18.0. The van der Waals surface area contributed by atoms with E-state index in [-0.39, 0.29) is 0 Å². The molecule has 0 aromatic carbocycles. The van der Waals surface area contributed by atoms with Crippen LogP contribution < -0.4 is 10.6 Å². The van der Waals surface area contributed by atoms with Gasteiger partial charge in [0.15, 0.2) is 5.96 Å². The van der Waals surface area contributed by atoms with Crippen LogP contribution in [0.4, 0.5) is 0 Å². The minimum Gasteiger partial charge on any atom is -0.379 e. The Morgan fingerprint density at radius 2 is 1.85 bits per heavy atom. The zero-order chi connectivity index (χ0) is 19.8. The largest absolute Gasteiger partial charge is 0.379 e. The average molecular weight is 379 g/mol. The van der Waals surface area contributed by atoms with Gasteiger partial charge >= 0.3 is 0 Å². The topological polar surface area (TPSA) is 66.7 Å². The van der Waals surface area contributed by atoms with Gasteiger partial charge in [0.1, 0.15) is 0 Å². The number of guanidine groups is 1. The lowest BCUT2D eigenvalue weighted by atomic mass is 9.92. The van der Waals surface area contributed by atoms with Crippen LogP contribution in [-0.4, -0.2) is 66.6 Å². The monoisotopic (exact) mass is 378 g/mol. The molecule has 2 heterocycles. The van der Waals surface area contributed by atoms with Crippen LogP contribution in [-0.2, 0) is 18.3 Å². The predicted octanol–water partition coefficient (Wildman–Crippen LogP) is 1.84. The number of ether oxygens (including phenoxy) is 1. The van der Waals surface area contributed by atoms with Gasteiger partial charge in [0, 0.05) is 57.6 Å². The van der Waals surface area contributed by atoms with Crippen LogP contribution in [0.15, 0.2) is 4.99 Å². The molecule has 1 aliphatic heterocycles. The van der Waals surface area contributed by atoms with Crippen LogP contribution in [0.25, 0.3) is 0 Å². The molecule has 0 amide bonds. The van der Waals surface area contributed by atoms with Crippen molar-refractivity contribution >= 4 is 5.96 Å². The number of rotatable bonds is 8. The minimum absolute atomic E-state index is 0.504. The highest BCUT2D eigenvalue weighted by Crippen LogP contribution is 2.19. The Morgan fingerprint density at radius 1 is 1.19 bits per heavy atom. The summed E-state index contributed by atoms with van der Waals surface area (Å²) in [5.74, 6) is 1.53. The van der Waals surface area contributed by atoms with E-state index in [1.165, 1.54) is 24.1 Å². The van der Waals surface area contributed by atoms with Gasteiger partial charge in [0.05, 0.1) is 18.9 Å².